The highest BCUT2D eigenvalue weighted by atomic mass is 35.5. The second-order valence-electron chi connectivity index (χ2n) is 6.82. The van der Waals surface area contributed by atoms with Gasteiger partial charge in [-0.3, -0.25) is 9.59 Å². The standard InChI is InChI=1S/C25H21Cl2N3O4/c1-33-18-11-12-23(34-2)17(13-18)14-22(29-24(31)16-7-4-3-5-8-16)25(32)30-28-15-19-20(26)9-6-10-21(19)27/h3-15H,1-2H3,(H,29,31)(H,30,32)/b22-14-,28-15+. The van der Waals surface area contributed by atoms with Crippen LogP contribution < -0.4 is 20.2 Å². The number of hydrogen-bond acceptors (Lipinski definition) is 5. The molecular formula is C25H21Cl2N3O4. The number of amides is 2. The Morgan fingerprint density at radius 1 is 0.912 bits per heavy atom. The minimum absolute atomic E-state index is 0.0668. The molecule has 0 saturated heterocycles. The number of hydrogen-bond donors (Lipinski definition) is 2. The van der Waals surface area contributed by atoms with Gasteiger partial charge in [0.15, 0.2) is 0 Å². The summed E-state index contributed by atoms with van der Waals surface area (Å²) in [6.07, 6.45) is 2.79. The minimum Gasteiger partial charge on any atom is -0.497 e. The molecule has 34 heavy (non-hydrogen) atoms. The molecule has 0 unspecified atom stereocenters. The summed E-state index contributed by atoms with van der Waals surface area (Å²) < 4.78 is 10.6. The van der Waals surface area contributed by atoms with Crippen LogP contribution in [0.4, 0.5) is 0 Å². The summed E-state index contributed by atoms with van der Waals surface area (Å²) in [6.45, 7) is 0. The number of rotatable bonds is 8. The maximum Gasteiger partial charge on any atom is 0.287 e. The van der Waals surface area contributed by atoms with Gasteiger partial charge in [0, 0.05) is 16.7 Å². The van der Waals surface area contributed by atoms with Crippen molar-refractivity contribution < 1.29 is 19.1 Å². The topological polar surface area (TPSA) is 89.0 Å². The number of carbonyl (C=O) groups is 2. The number of methoxy groups -OCH3 is 2. The summed E-state index contributed by atoms with van der Waals surface area (Å²) >= 11 is 12.3. The van der Waals surface area contributed by atoms with Gasteiger partial charge in [-0.05, 0) is 48.5 Å². The number of nitrogens with one attached hydrogen (secondary N) is 2. The minimum atomic E-state index is -0.673. The fourth-order valence-electron chi connectivity index (χ4n) is 2.90. The van der Waals surface area contributed by atoms with E-state index in [9.17, 15) is 9.59 Å². The van der Waals surface area contributed by atoms with Crippen LogP contribution in [0.1, 0.15) is 21.5 Å². The molecule has 3 rings (SSSR count). The molecule has 3 aromatic carbocycles. The third kappa shape index (κ3) is 6.37. The lowest BCUT2D eigenvalue weighted by Crippen LogP contribution is -2.32. The van der Waals surface area contributed by atoms with Gasteiger partial charge in [-0.15, -0.1) is 0 Å². The van der Waals surface area contributed by atoms with Crippen LogP contribution in [-0.2, 0) is 4.79 Å². The first kappa shape index (κ1) is 24.8. The number of carbonyl (C=O) groups excluding carboxylic acids is 2. The molecule has 0 heterocycles. The second kappa shape index (κ2) is 11.9. The summed E-state index contributed by atoms with van der Waals surface area (Å²) in [5.74, 6) is -0.116. The molecule has 0 radical (unpaired) electrons. The first-order valence-corrected chi connectivity index (χ1v) is 10.8. The zero-order valence-electron chi connectivity index (χ0n) is 18.3. The first-order chi connectivity index (χ1) is 16.4. The van der Waals surface area contributed by atoms with E-state index in [1.54, 1.807) is 66.7 Å². The van der Waals surface area contributed by atoms with Crippen molar-refractivity contribution in [2.45, 2.75) is 0 Å². The predicted octanol–water partition coefficient (Wildman–Crippen LogP) is 4.93. The van der Waals surface area contributed by atoms with E-state index in [2.05, 4.69) is 15.8 Å². The molecule has 7 nitrogen and oxygen atoms in total. The summed E-state index contributed by atoms with van der Waals surface area (Å²) in [5.41, 5.74) is 3.66. The molecule has 0 aliphatic heterocycles. The van der Waals surface area contributed by atoms with E-state index in [1.807, 2.05) is 0 Å². The molecule has 174 valence electrons. The zero-order chi connectivity index (χ0) is 24.5. The number of hydrazone groups is 1. The van der Waals surface area contributed by atoms with E-state index in [4.69, 9.17) is 32.7 Å². The molecule has 3 aromatic rings. The quantitative estimate of drug-likeness (QED) is 0.262. The zero-order valence-corrected chi connectivity index (χ0v) is 19.9. The Hall–Kier alpha value is -3.81. The van der Waals surface area contributed by atoms with Crippen LogP contribution in [0, 0.1) is 0 Å². The molecule has 0 spiro atoms. The summed E-state index contributed by atoms with van der Waals surface area (Å²) in [6, 6.07) is 18.6. The van der Waals surface area contributed by atoms with Crippen LogP contribution in [0.2, 0.25) is 10.0 Å². The maximum absolute atomic E-state index is 13.0. The van der Waals surface area contributed by atoms with Crippen LogP contribution in [0.5, 0.6) is 11.5 Å². The Morgan fingerprint density at radius 3 is 2.26 bits per heavy atom. The molecule has 0 aromatic heterocycles. The highest BCUT2D eigenvalue weighted by molar-refractivity contribution is 6.38. The van der Waals surface area contributed by atoms with Gasteiger partial charge in [-0.25, -0.2) is 5.43 Å². The van der Waals surface area contributed by atoms with Gasteiger partial charge in [0.2, 0.25) is 0 Å². The summed E-state index contributed by atoms with van der Waals surface area (Å²) in [5, 5.41) is 7.32. The maximum atomic E-state index is 13.0. The SMILES string of the molecule is COc1ccc(OC)c(/C=C(\NC(=O)c2ccccc2)C(=O)N/N=C/c2c(Cl)cccc2Cl)c1. The molecule has 2 N–H and O–H groups in total. The largest absolute Gasteiger partial charge is 0.497 e. The van der Waals surface area contributed by atoms with Gasteiger partial charge in [0.05, 0.1) is 30.5 Å². The molecule has 0 aliphatic rings. The Morgan fingerprint density at radius 2 is 1.62 bits per heavy atom. The molecule has 0 fully saturated rings. The van der Waals surface area contributed by atoms with Crippen molar-refractivity contribution in [3.63, 3.8) is 0 Å². The Labute approximate surface area is 207 Å². The van der Waals surface area contributed by atoms with Crippen molar-refractivity contribution in [3.8, 4) is 11.5 Å². The van der Waals surface area contributed by atoms with Crippen molar-refractivity contribution in [1.82, 2.24) is 10.7 Å². The van der Waals surface area contributed by atoms with Crippen LogP contribution in [0.25, 0.3) is 6.08 Å². The van der Waals surface area contributed by atoms with Crippen LogP contribution in [0.15, 0.2) is 77.5 Å². The number of halogens is 2. The van der Waals surface area contributed by atoms with Crippen molar-refractivity contribution in [1.29, 1.82) is 0 Å². The molecule has 0 atom stereocenters. The van der Waals surface area contributed by atoms with E-state index in [0.29, 0.717) is 38.2 Å². The number of ether oxygens (including phenoxy) is 2. The van der Waals surface area contributed by atoms with E-state index < -0.39 is 11.8 Å². The van der Waals surface area contributed by atoms with E-state index >= 15 is 0 Å². The second-order valence-corrected chi connectivity index (χ2v) is 7.63. The number of nitrogens with zero attached hydrogens (tertiary/aromatic N) is 1. The van der Waals surface area contributed by atoms with Gasteiger partial charge in [-0.2, -0.15) is 5.10 Å². The van der Waals surface area contributed by atoms with Crippen molar-refractivity contribution in [3.05, 3.63) is 99.2 Å². The third-order valence-electron chi connectivity index (χ3n) is 4.62. The normalized spacial score (nSPS) is 11.2. The molecule has 0 aliphatic carbocycles. The first-order valence-electron chi connectivity index (χ1n) is 10.0. The Kier molecular flexibility index (Phi) is 8.67. The van der Waals surface area contributed by atoms with E-state index in [0.717, 1.165) is 0 Å². The van der Waals surface area contributed by atoms with Gasteiger partial charge in [0.1, 0.15) is 17.2 Å². The highest BCUT2D eigenvalue weighted by Crippen LogP contribution is 2.26. The van der Waals surface area contributed by atoms with Crippen LogP contribution in [-0.4, -0.2) is 32.2 Å². The molecule has 0 bridgehead atoms. The fourth-order valence-corrected chi connectivity index (χ4v) is 3.39. The lowest BCUT2D eigenvalue weighted by atomic mass is 10.1. The fraction of sp³-hybridized carbons (Fsp3) is 0.0800. The van der Waals surface area contributed by atoms with Gasteiger partial charge in [-0.1, -0.05) is 47.5 Å². The van der Waals surface area contributed by atoms with Crippen molar-refractivity contribution >= 4 is 47.3 Å². The van der Waals surface area contributed by atoms with Gasteiger partial charge < -0.3 is 14.8 Å². The van der Waals surface area contributed by atoms with Crippen LogP contribution >= 0.6 is 23.2 Å². The average molecular weight is 498 g/mol. The smallest absolute Gasteiger partial charge is 0.287 e. The molecular weight excluding hydrogens is 477 g/mol. The Bertz CT molecular complexity index is 1220. The summed E-state index contributed by atoms with van der Waals surface area (Å²) in [4.78, 5) is 25.7. The lowest BCUT2D eigenvalue weighted by Gasteiger charge is -2.12. The Balaban J connectivity index is 1.93. The number of benzene rings is 3. The average Bonchev–Trinajstić information content (AvgIpc) is 2.85. The van der Waals surface area contributed by atoms with E-state index in [-0.39, 0.29) is 5.70 Å². The lowest BCUT2D eigenvalue weighted by molar-refractivity contribution is -0.117. The van der Waals surface area contributed by atoms with Crippen molar-refractivity contribution in [2.24, 2.45) is 5.10 Å². The molecule has 0 saturated carbocycles. The summed E-state index contributed by atoms with van der Waals surface area (Å²) in [7, 11) is 3.02. The monoisotopic (exact) mass is 497 g/mol. The van der Waals surface area contributed by atoms with Crippen LogP contribution in [0.3, 0.4) is 0 Å². The molecule has 9 heteroatoms. The predicted molar refractivity (Wildman–Crippen MR) is 134 cm³/mol. The highest BCUT2D eigenvalue weighted by Gasteiger charge is 2.16. The van der Waals surface area contributed by atoms with E-state index in [1.165, 1.54) is 26.5 Å². The van der Waals surface area contributed by atoms with Gasteiger partial charge >= 0.3 is 0 Å². The molecule has 2 amide bonds. The van der Waals surface area contributed by atoms with Crippen molar-refractivity contribution in [2.75, 3.05) is 14.2 Å². The third-order valence-corrected chi connectivity index (χ3v) is 5.28. The van der Waals surface area contributed by atoms with Gasteiger partial charge in [0.25, 0.3) is 11.8 Å².